The molecule has 0 unspecified atom stereocenters. The number of hydrogen-bond acceptors (Lipinski definition) is 3. The number of hydrogen-bond donors (Lipinski definition) is 0. The molecular weight excluding hydrogens is 600 g/mol. The number of thiophene rings is 1. The molecule has 198 valence electrons. The van der Waals surface area contributed by atoms with Crippen LogP contribution in [0.4, 0.5) is 0 Å². The van der Waals surface area contributed by atoms with Gasteiger partial charge in [-0.15, -0.1) is 11.3 Å². The fourth-order valence-electron chi connectivity index (χ4n) is 6.13. The van der Waals surface area contributed by atoms with Crippen molar-refractivity contribution >= 4 is 80.3 Å². The van der Waals surface area contributed by atoms with E-state index in [-0.39, 0.29) is 0 Å². The van der Waals surface area contributed by atoms with Crippen LogP contribution in [-0.2, 0) is 0 Å². The Morgan fingerprint density at radius 3 is 2.31 bits per heavy atom. The Morgan fingerprint density at radius 1 is 0.571 bits per heavy atom. The van der Waals surface area contributed by atoms with Gasteiger partial charge in [0.2, 0.25) is 5.89 Å². The minimum Gasteiger partial charge on any atom is -0.436 e. The summed E-state index contributed by atoms with van der Waals surface area (Å²) in [6.07, 6.45) is 0. The largest absolute Gasteiger partial charge is 0.436 e. The molecule has 0 aliphatic rings. The molecule has 42 heavy (non-hydrogen) atoms. The van der Waals surface area contributed by atoms with Crippen LogP contribution in [0, 0.1) is 0 Å². The van der Waals surface area contributed by atoms with Gasteiger partial charge >= 0.3 is 0 Å². The van der Waals surface area contributed by atoms with Crippen LogP contribution in [0.3, 0.4) is 0 Å². The van der Waals surface area contributed by atoms with Crippen LogP contribution in [0.2, 0.25) is 0 Å². The number of oxazole rings is 1. The second-order valence-electron chi connectivity index (χ2n) is 10.6. The summed E-state index contributed by atoms with van der Waals surface area (Å²) < 4.78 is 12.1. The third-order valence-electron chi connectivity index (χ3n) is 8.08. The minimum atomic E-state index is 0.642. The fourth-order valence-corrected chi connectivity index (χ4v) is 7.65. The predicted octanol–water partition coefficient (Wildman–Crippen LogP) is 11.4. The highest BCUT2D eigenvalue weighted by Crippen LogP contribution is 2.40. The van der Waals surface area contributed by atoms with E-state index in [1.165, 1.54) is 47.6 Å². The molecule has 0 radical (unpaired) electrons. The van der Waals surface area contributed by atoms with Gasteiger partial charge in [0.05, 0.1) is 11.0 Å². The maximum absolute atomic E-state index is 6.11. The first-order valence-electron chi connectivity index (χ1n) is 13.8. The van der Waals surface area contributed by atoms with Gasteiger partial charge in [0, 0.05) is 46.7 Å². The Hall–Kier alpha value is -4.71. The van der Waals surface area contributed by atoms with Gasteiger partial charge in [-0.05, 0) is 83.9 Å². The number of aromatic nitrogens is 2. The van der Waals surface area contributed by atoms with E-state index in [1.807, 2.05) is 35.6 Å². The lowest BCUT2D eigenvalue weighted by Gasteiger charge is -2.08. The standard InChI is InChI=1S/C37H21BrN2OS/c38-25-7-5-6-22(18-25)23-13-17-35-30(19-23)28-15-14-26(21-36(28)42-35)40-32-10-3-1-8-27(32)29-20-24(12-16-33(29)40)37-39-31-9-2-4-11-34(31)41-37/h1-21H. The van der Waals surface area contributed by atoms with Crippen LogP contribution >= 0.6 is 27.3 Å². The molecule has 0 amide bonds. The van der Waals surface area contributed by atoms with Gasteiger partial charge in [-0.1, -0.05) is 70.5 Å². The van der Waals surface area contributed by atoms with Crippen molar-refractivity contribution in [2.24, 2.45) is 0 Å². The molecular formula is C37H21BrN2OS. The van der Waals surface area contributed by atoms with Gasteiger partial charge in [0.1, 0.15) is 5.52 Å². The molecule has 0 N–H and O–H groups in total. The minimum absolute atomic E-state index is 0.642. The van der Waals surface area contributed by atoms with Crippen molar-refractivity contribution in [3.05, 3.63) is 132 Å². The number of nitrogens with zero attached hydrogens (tertiary/aromatic N) is 2. The number of fused-ring (bicyclic) bond motifs is 7. The molecule has 0 saturated heterocycles. The summed E-state index contributed by atoms with van der Waals surface area (Å²) in [6, 6.07) is 45.2. The molecule has 3 nitrogen and oxygen atoms in total. The van der Waals surface area contributed by atoms with E-state index in [0.29, 0.717) is 5.89 Å². The fraction of sp³-hybridized carbons (Fsp3) is 0. The summed E-state index contributed by atoms with van der Waals surface area (Å²) in [7, 11) is 0. The molecule has 0 atom stereocenters. The molecule has 0 bridgehead atoms. The van der Waals surface area contributed by atoms with E-state index in [1.54, 1.807) is 0 Å². The lowest BCUT2D eigenvalue weighted by molar-refractivity contribution is 0.620. The molecule has 9 aromatic rings. The molecule has 0 fully saturated rings. The van der Waals surface area contributed by atoms with Crippen LogP contribution in [0.1, 0.15) is 0 Å². The number of benzene rings is 6. The Bertz CT molecular complexity index is 2470. The highest BCUT2D eigenvalue weighted by molar-refractivity contribution is 9.10. The first-order chi connectivity index (χ1) is 20.7. The molecule has 0 spiro atoms. The molecule has 0 aliphatic carbocycles. The highest BCUT2D eigenvalue weighted by Gasteiger charge is 2.16. The van der Waals surface area contributed by atoms with Crippen LogP contribution in [0.15, 0.2) is 136 Å². The van der Waals surface area contributed by atoms with Crippen molar-refractivity contribution in [1.82, 2.24) is 9.55 Å². The Balaban J connectivity index is 1.21. The van der Waals surface area contributed by atoms with Crippen molar-refractivity contribution in [3.8, 4) is 28.3 Å². The monoisotopic (exact) mass is 620 g/mol. The zero-order valence-corrected chi connectivity index (χ0v) is 24.6. The van der Waals surface area contributed by atoms with Gasteiger partial charge in [-0.2, -0.15) is 0 Å². The number of para-hydroxylation sites is 3. The van der Waals surface area contributed by atoms with Crippen molar-refractivity contribution in [2.45, 2.75) is 0 Å². The van der Waals surface area contributed by atoms with Crippen LogP contribution in [-0.4, -0.2) is 9.55 Å². The van der Waals surface area contributed by atoms with Gasteiger partial charge in [0.25, 0.3) is 0 Å². The Kier molecular flexibility index (Phi) is 5.21. The second-order valence-corrected chi connectivity index (χ2v) is 12.6. The molecule has 5 heteroatoms. The van der Waals surface area contributed by atoms with Crippen LogP contribution in [0.25, 0.3) is 81.3 Å². The molecule has 9 rings (SSSR count). The van der Waals surface area contributed by atoms with Gasteiger partial charge < -0.3 is 8.98 Å². The van der Waals surface area contributed by atoms with Gasteiger partial charge in [-0.3, -0.25) is 0 Å². The molecule has 0 saturated carbocycles. The van der Waals surface area contributed by atoms with Crippen molar-refractivity contribution < 1.29 is 4.42 Å². The summed E-state index contributed by atoms with van der Waals surface area (Å²) >= 11 is 5.47. The van der Waals surface area contributed by atoms with E-state index in [9.17, 15) is 0 Å². The maximum Gasteiger partial charge on any atom is 0.227 e. The van der Waals surface area contributed by atoms with E-state index in [2.05, 4.69) is 124 Å². The van der Waals surface area contributed by atoms with Crippen molar-refractivity contribution in [2.75, 3.05) is 0 Å². The average molecular weight is 622 g/mol. The summed E-state index contributed by atoms with van der Waals surface area (Å²) in [5, 5.41) is 4.97. The quantitative estimate of drug-likeness (QED) is 0.197. The first-order valence-corrected chi connectivity index (χ1v) is 15.4. The summed E-state index contributed by atoms with van der Waals surface area (Å²) in [5.74, 6) is 0.642. The molecule has 3 heterocycles. The second kappa shape index (κ2) is 9.15. The third kappa shape index (κ3) is 3.67. The number of rotatable bonds is 3. The molecule has 0 aliphatic heterocycles. The van der Waals surface area contributed by atoms with Crippen molar-refractivity contribution in [3.63, 3.8) is 0 Å². The molecule has 6 aromatic carbocycles. The summed E-state index contributed by atoms with van der Waals surface area (Å²) in [4.78, 5) is 4.74. The third-order valence-corrected chi connectivity index (χ3v) is 9.71. The van der Waals surface area contributed by atoms with Crippen LogP contribution in [0.5, 0.6) is 0 Å². The summed E-state index contributed by atoms with van der Waals surface area (Å²) in [5.41, 5.74) is 8.58. The van der Waals surface area contributed by atoms with Crippen LogP contribution < -0.4 is 0 Å². The Morgan fingerprint density at radius 2 is 1.38 bits per heavy atom. The zero-order valence-electron chi connectivity index (χ0n) is 22.2. The molecule has 3 aromatic heterocycles. The lowest BCUT2D eigenvalue weighted by atomic mass is 10.0. The smallest absolute Gasteiger partial charge is 0.227 e. The number of halogens is 1. The van der Waals surface area contributed by atoms with Gasteiger partial charge in [-0.25, -0.2) is 4.98 Å². The van der Waals surface area contributed by atoms with Gasteiger partial charge in [0.15, 0.2) is 5.58 Å². The predicted molar refractivity (Wildman–Crippen MR) is 180 cm³/mol. The summed E-state index contributed by atoms with van der Waals surface area (Å²) in [6.45, 7) is 0. The average Bonchev–Trinajstić information content (AvgIpc) is 3.71. The van der Waals surface area contributed by atoms with E-state index in [4.69, 9.17) is 9.40 Å². The topological polar surface area (TPSA) is 31.0 Å². The van der Waals surface area contributed by atoms with E-state index in [0.717, 1.165) is 32.3 Å². The SMILES string of the molecule is Brc1cccc(-c2ccc3sc4cc(-n5c6ccccc6c6cc(-c7nc8ccccc8o7)ccc65)ccc4c3c2)c1. The van der Waals surface area contributed by atoms with Crippen molar-refractivity contribution in [1.29, 1.82) is 0 Å². The van der Waals surface area contributed by atoms with E-state index >= 15 is 0 Å². The highest BCUT2D eigenvalue weighted by atomic mass is 79.9. The zero-order chi connectivity index (χ0) is 27.8. The normalized spacial score (nSPS) is 11.9. The first kappa shape index (κ1) is 23.9. The lowest BCUT2D eigenvalue weighted by Crippen LogP contribution is -1.93. The Labute approximate surface area is 253 Å². The van der Waals surface area contributed by atoms with E-state index < -0.39 is 0 Å². The maximum atomic E-state index is 6.11.